The molecule has 4 rings (SSSR count). The Morgan fingerprint density at radius 3 is 2.48 bits per heavy atom. The number of fused-ring (bicyclic) bond motifs is 1. The van der Waals surface area contributed by atoms with Gasteiger partial charge in [-0.25, -0.2) is 9.18 Å². The maximum atomic E-state index is 13.4. The molecule has 1 aliphatic rings. The van der Waals surface area contributed by atoms with Gasteiger partial charge < -0.3 is 25.4 Å². The topological polar surface area (TPSA) is 94.1 Å². The van der Waals surface area contributed by atoms with Gasteiger partial charge in [0, 0.05) is 42.5 Å². The van der Waals surface area contributed by atoms with Crippen LogP contribution in [0.1, 0.15) is 25.0 Å². The number of hydrogen-bond acceptors (Lipinski definition) is 5. The van der Waals surface area contributed by atoms with Crippen molar-refractivity contribution in [2.45, 2.75) is 39.0 Å². The van der Waals surface area contributed by atoms with E-state index < -0.39 is 11.8 Å². The Kier molecular flexibility index (Phi) is 9.74. The first-order chi connectivity index (χ1) is 19.2. The van der Waals surface area contributed by atoms with Gasteiger partial charge in [-0.1, -0.05) is 37.3 Å². The van der Waals surface area contributed by atoms with Crippen LogP contribution in [-0.2, 0) is 17.8 Å². The van der Waals surface area contributed by atoms with Gasteiger partial charge in [0.1, 0.15) is 17.7 Å². The fourth-order valence-corrected chi connectivity index (χ4v) is 4.82. The van der Waals surface area contributed by atoms with Crippen LogP contribution in [0.4, 0.5) is 20.6 Å². The third-order valence-electron chi connectivity index (χ3n) is 7.06. The molecule has 3 N–H and O–H groups in total. The van der Waals surface area contributed by atoms with E-state index in [1.54, 1.807) is 23.1 Å². The summed E-state index contributed by atoms with van der Waals surface area (Å²) in [5.41, 5.74) is 2.78. The van der Waals surface area contributed by atoms with Crippen LogP contribution in [0, 0.1) is 11.7 Å². The number of amides is 3. The Morgan fingerprint density at radius 1 is 1.10 bits per heavy atom. The number of nitrogens with one attached hydrogen (secondary N) is 2. The summed E-state index contributed by atoms with van der Waals surface area (Å²) < 4.78 is 19.8. The molecule has 0 fully saturated rings. The second kappa shape index (κ2) is 13.4. The van der Waals surface area contributed by atoms with Gasteiger partial charge in [0.25, 0.3) is 0 Å². The molecule has 0 spiro atoms. The van der Waals surface area contributed by atoms with E-state index in [9.17, 15) is 19.1 Å². The molecule has 212 valence electrons. The SMILES string of the molecule is C[C@@H]1CN([C@H](C)CO)C(=O)Cc2cc(NC(=O)Nc3ccc(F)cc3)ccc2O[C@H]1CN(C)Cc1ccccc1. The third kappa shape index (κ3) is 7.80. The smallest absolute Gasteiger partial charge is 0.323 e. The van der Waals surface area contributed by atoms with Crippen LogP contribution >= 0.6 is 0 Å². The third-order valence-corrected chi connectivity index (χ3v) is 7.06. The van der Waals surface area contributed by atoms with Gasteiger partial charge >= 0.3 is 6.03 Å². The first kappa shape index (κ1) is 29.0. The summed E-state index contributed by atoms with van der Waals surface area (Å²) in [6.45, 7) is 5.58. The number of ether oxygens (including phenoxy) is 1. The summed E-state index contributed by atoms with van der Waals surface area (Å²) in [4.78, 5) is 29.9. The summed E-state index contributed by atoms with van der Waals surface area (Å²) in [5, 5.41) is 15.3. The normalized spacial score (nSPS) is 18.1. The number of likely N-dealkylation sites (N-methyl/N-ethyl adjacent to an activating group) is 1. The first-order valence-electron chi connectivity index (χ1n) is 13.5. The number of carbonyl (C=O) groups is 2. The molecule has 0 aromatic heterocycles. The average molecular weight is 549 g/mol. The maximum Gasteiger partial charge on any atom is 0.323 e. The predicted octanol–water partition coefficient (Wildman–Crippen LogP) is 4.75. The maximum absolute atomic E-state index is 13.4. The van der Waals surface area contributed by atoms with Crippen LogP contribution in [0.3, 0.4) is 0 Å². The lowest BCUT2D eigenvalue weighted by Crippen LogP contribution is -2.47. The van der Waals surface area contributed by atoms with Gasteiger partial charge in [0.15, 0.2) is 0 Å². The van der Waals surface area contributed by atoms with Gasteiger partial charge in [0.2, 0.25) is 5.91 Å². The highest BCUT2D eigenvalue weighted by atomic mass is 19.1. The van der Waals surface area contributed by atoms with Gasteiger partial charge in [-0.3, -0.25) is 9.69 Å². The Bertz CT molecular complexity index is 1290. The standard InChI is InChI=1S/C31H37FN4O4/c1-21-17-36(22(2)20-37)30(38)16-24-15-27(34-31(39)33-26-11-9-25(32)10-12-26)13-14-28(24)40-29(21)19-35(3)18-23-7-5-4-6-8-23/h4-15,21-22,29,37H,16-20H2,1-3H3,(H2,33,34,39)/t21-,22-,29+/m1/s1. The number of aliphatic hydroxyl groups excluding tert-OH is 1. The molecule has 0 radical (unpaired) electrons. The van der Waals surface area contributed by atoms with Crippen LogP contribution in [0.2, 0.25) is 0 Å². The van der Waals surface area contributed by atoms with Crippen molar-refractivity contribution in [1.29, 1.82) is 0 Å². The minimum Gasteiger partial charge on any atom is -0.488 e. The highest BCUT2D eigenvalue weighted by molar-refractivity contribution is 5.99. The molecule has 9 heteroatoms. The molecule has 0 saturated carbocycles. The number of aliphatic hydroxyl groups is 1. The van der Waals surface area contributed by atoms with Crippen LogP contribution in [0.15, 0.2) is 72.8 Å². The predicted molar refractivity (Wildman–Crippen MR) is 154 cm³/mol. The molecule has 0 bridgehead atoms. The van der Waals surface area contributed by atoms with E-state index in [4.69, 9.17) is 4.74 Å². The van der Waals surface area contributed by atoms with Crippen molar-refractivity contribution in [3.63, 3.8) is 0 Å². The molecule has 1 heterocycles. The molecule has 3 amide bonds. The molecule has 3 atom stereocenters. The summed E-state index contributed by atoms with van der Waals surface area (Å²) in [7, 11) is 2.04. The zero-order chi connectivity index (χ0) is 28.6. The molecule has 0 unspecified atom stereocenters. The number of carbonyl (C=O) groups excluding carboxylic acids is 2. The fraction of sp³-hybridized carbons (Fsp3) is 0.355. The second-order valence-electron chi connectivity index (χ2n) is 10.5. The van der Waals surface area contributed by atoms with Crippen LogP contribution < -0.4 is 15.4 Å². The summed E-state index contributed by atoms with van der Waals surface area (Å²) in [5.74, 6) is 0.0591. The number of halogens is 1. The van der Waals surface area contributed by atoms with Crippen molar-refractivity contribution in [2.75, 3.05) is 37.4 Å². The van der Waals surface area contributed by atoms with Gasteiger partial charge in [-0.05, 0) is 62.0 Å². The highest BCUT2D eigenvalue weighted by Crippen LogP contribution is 2.29. The minimum absolute atomic E-state index is 0.0126. The summed E-state index contributed by atoms with van der Waals surface area (Å²) in [6.07, 6.45) is -0.166. The van der Waals surface area contributed by atoms with Crippen LogP contribution in [0.5, 0.6) is 5.75 Å². The van der Waals surface area contributed by atoms with Crippen molar-refractivity contribution >= 4 is 23.3 Å². The van der Waals surface area contributed by atoms with Crippen molar-refractivity contribution < 1.29 is 23.8 Å². The van der Waals surface area contributed by atoms with E-state index in [0.717, 1.165) is 6.54 Å². The quantitative estimate of drug-likeness (QED) is 0.378. The van der Waals surface area contributed by atoms with Crippen molar-refractivity contribution in [3.8, 4) is 5.75 Å². The Hall–Kier alpha value is -3.95. The fourth-order valence-electron chi connectivity index (χ4n) is 4.82. The van der Waals surface area contributed by atoms with E-state index in [1.807, 2.05) is 32.2 Å². The number of benzene rings is 3. The largest absolute Gasteiger partial charge is 0.488 e. The Labute approximate surface area is 234 Å². The van der Waals surface area contributed by atoms with E-state index in [-0.39, 0.29) is 37.0 Å². The van der Waals surface area contributed by atoms with E-state index in [0.29, 0.717) is 35.8 Å². The van der Waals surface area contributed by atoms with Gasteiger partial charge in [0.05, 0.1) is 19.1 Å². The molecule has 8 nitrogen and oxygen atoms in total. The Morgan fingerprint density at radius 2 is 1.77 bits per heavy atom. The molecule has 3 aromatic rings. The van der Waals surface area contributed by atoms with Crippen LogP contribution in [0.25, 0.3) is 0 Å². The zero-order valence-corrected chi connectivity index (χ0v) is 23.1. The lowest BCUT2D eigenvalue weighted by Gasteiger charge is -2.34. The second-order valence-corrected chi connectivity index (χ2v) is 10.5. The number of rotatable bonds is 8. The molecular weight excluding hydrogens is 511 g/mol. The van der Waals surface area contributed by atoms with Crippen molar-refractivity contribution in [3.05, 3.63) is 89.7 Å². The monoisotopic (exact) mass is 548 g/mol. The minimum atomic E-state index is -0.494. The van der Waals surface area contributed by atoms with E-state index in [2.05, 4.69) is 34.6 Å². The number of urea groups is 1. The molecule has 3 aromatic carbocycles. The van der Waals surface area contributed by atoms with Crippen molar-refractivity contribution in [1.82, 2.24) is 9.80 Å². The summed E-state index contributed by atoms with van der Waals surface area (Å²) >= 11 is 0. The molecule has 1 aliphatic heterocycles. The number of anilines is 2. The van der Waals surface area contributed by atoms with Crippen LogP contribution in [-0.4, -0.2) is 65.7 Å². The van der Waals surface area contributed by atoms with Crippen molar-refractivity contribution in [2.24, 2.45) is 5.92 Å². The average Bonchev–Trinajstić information content (AvgIpc) is 2.97. The van der Waals surface area contributed by atoms with E-state index >= 15 is 0 Å². The Balaban J connectivity index is 1.55. The summed E-state index contributed by atoms with van der Waals surface area (Å²) in [6, 6.07) is 20.1. The van der Waals surface area contributed by atoms with Gasteiger partial charge in [-0.2, -0.15) is 0 Å². The molecule has 0 saturated heterocycles. The van der Waals surface area contributed by atoms with Gasteiger partial charge in [-0.15, -0.1) is 0 Å². The lowest BCUT2D eigenvalue weighted by molar-refractivity contribution is -0.134. The lowest BCUT2D eigenvalue weighted by atomic mass is 10.0. The highest BCUT2D eigenvalue weighted by Gasteiger charge is 2.31. The molecule has 40 heavy (non-hydrogen) atoms. The zero-order valence-electron chi connectivity index (χ0n) is 23.1. The first-order valence-corrected chi connectivity index (χ1v) is 13.5. The molecular formula is C31H37FN4O4. The van der Waals surface area contributed by atoms with E-state index in [1.165, 1.54) is 29.8 Å². The number of hydrogen-bond donors (Lipinski definition) is 3. The number of nitrogens with zero attached hydrogens (tertiary/aromatic N) is 2. The molecule has 0 aliphatic carbocycles.